The molecule has 0 saturated carbocycles. The van der Waals surface area contributed by atoms with E-state index in [0.717, 1.165) is 0 Å². The van der Waals surface area contributed by atoms with Gasteiger partial charge >= 0.3 is 7.60 Å². The van der Waals surface area contributed by atoms with E-state index in [0.29, 0.717) is 22.3 Å². The number of para-hydroxylation sites is 2. The van der Waals surface area contributed by atoms with Crippen LogP contribution in [0.4, 0.5) is 0 Å². The van der Waals surface area contributed by atoms with Gasteiger partial charge in [0, 0.05) is 5.02 Å². The second-order valence-corrected chi connectivity index (χ2v) is 8.32. The lowest BCUT2D eigenvalue weighted by Crippen LogP contribution is -2.28. The molecule has 29 heavy (non-hydrogen) atoms. The van der Waals surface area contributed by atoms with Crippen molar-refractivity contribution in [1.82, 2.24) is 5.32 Å². The minimum atomic E-state index is -3.59. The van der Waals surface area contributed by atoms with E-state index in [1.165, 1.54) is 0 Å². The maximum Gasteiger partial charge on any atom is 0.444 e. The molecule has 3 rings (SSSR count). The summed E-state index contributed by atoms with van der Waals surface area (Å²) in [6.45, 7) is 0.0446. The molecule has 6 nitrogen and oxygen atoms in total. The standard InChI is InChI=1S/C21H20ClN2O4P/c22-17-11-13-18(14-12-17)26-21(23)15-24-16-29(25,27-19-7-3-1-4-8-19)28-20-9-5-2-6-10-20/h1-14,23-24H,15-16H2. The van der Waals surface area contributed by atoms with Gasteiger partial charge in [0.1, 0.15) is 23.5 Å². The van der Waals surface area contributed by atoms with Crippen LogP contribution in [0.2, 0.25) is 5.02 Å². The van der Waals surface area contributed by atoms with Gasteiger partial charge in [-0.2, -0.15) is 0 Å². The lowest BCUT2D eigenvalue weighted by molar-refractivity contribution is 0.381. The lowest BCUT2D eigenvalue weighted by atomic mass is 10.3. The third kappa shape index (κ3) is 6.95. The van der Waals surface area contributed by atoms with E-state index in [4.69, 9.17) is 30.8 Å². The van der Waals surface area contributed by atoms with Crippen LogP contribution in [0.15, 0.2) is 84.9 Å². The number of ether oxygens (including phenoxy) is 1. The highest BCUT2D eigenvalue weighted by Crippen LogP contribution is 2.47. The Kier molecular flexibility index (Phi) is 7.30. The first-order valence-corrected chi connectivity index (χ1v) is 10.9. The summed E-state index contributed by atoms with van der Waals surface area (Å²) < 4.78 is 30.0. The molecule has 0 aliphatic carbocycles. The highest BCUT2D eigenvalue weighted by molar-refractivity contribution is 7.54. The van der Waals surface area contributed by atoms with Crippen molar-refractivity contribution >= 4 is 25.1 Å². The van der Waals surface area contributed by atoms with E-state index in [1.54, 1.807) is 72.8 Å². The van der Waals surface area contributed by atoms with Crippen molar-refractivity contribution in [3.8, 4) is 17.2 Å². The molecule has 0 bridgehead atoms. The van der Waals surface area contributed by atoms with Crippen molar-refractivity contribution in [2.24, 2.45) is 0 Å². The quantitative estimate of drug-likeness (QED) is 0.262. The molecule has 0 aliphatic rings. The summed E-state index contributed by atoms with van der Waals surface area (Å²) in [7, 11) is -3.59. The number of hydrogen-bond donors (Lipinski definition) is 2. The normalized spacial score (nSPS) is 10.9. The first-order chi connectivity index (χ1) is 14.0. The molecule has 2 N–H and O–H groups in total. The van der Waals surface area contributed by atoms with Crippen LogP contribution in [0, 0.1) is 5.41 Å². The molecule has 0 amide bonds. The Morgan fingerprint density at radius 2 is 1.34 bits per heavy atom. The maximum absolute atomic E-state index is 13.3. The van der Waals surface area contributed by atoms with Crippen molar-refractivity contribution in [3.05, 3.63) is 90.0 Å². The zero-order valence-electron chi connectivity index (χ0n) is 15.5. The van der Waals surface area contributed by atoms with Gasteiger partial charge in [0.2, 0.25) is 5.90 Å². The Morgan fingerprint density at radius 1 is 0.828 bits per heavy atom. The van der Waals surface area contributed by atoms with Gasteiger partial charge in [0.15, 0.2) is 0 Å². The van der Waals surface area contributed by atoms with Gasteiger partial charge in [-0.1, -0.05) is 48.0 Å². The number of halogens is 1. The summed E-state index contributed by atoms with van der Waals surface area (Å²) in [4.78, 5) is 0. The molecule has 0 aliphatic heterocycles. The minimum absolute atomic E-state index is 0.0432. The molecule has 3 aromatic rings. The summed E-state index contributed by atoms with van der Waals surface area (Å²) in [5, 5.41) is 11.4. The zero-order chi connectivity index (χ0) is 20.5. The van der Waals surface area contributed by atoms with Gasteiger partial charge in [0.05, 0.1) is 6.54 Å². The van der Waals surface area contributed by atoms with Crippen LogP contribution in [-0.4, -0.2) is 18.7 Å². The molecule has 0 fully saturated rings. The Morgan fingerprint density at radius 3 is 1.86 bits per heavy atom. The Bertz CT molecular complexity index is 923. The minimum Gasteiger partial charge on any atom is -0.442 e. The largest absolute Gasteiger partial charge is 0.444 e. The molecule has 0 spiro atoms. The van der Waals surface area contributed by atoms with Gasteiger partial charge in [-0.25, -0.2) is 4.57 Å². The van der Waals surface area contributed by atoms with Crippen LogP contribution in [0.3, 0.4) is 0 Å². The summed E-state index contributed by atoms with van der Waals surface area (Å²) in [6.07, 6.45) is -0.108. The average molecular weight is 431 g/mol. The summed E-state index contributed by atoms with van der Waals surface area (Å²) in [5.74, 6) is 1.31. The SMILES string of the molecule is N=C(CNCP(=O)(Oc1ccccc1)Oc1ccccc1)Oc1ccc(Cl)cc1. The van der Waals surface area contributed by atoms with Crippen LogP contribution < -0.4 is 19.1 Å². The Balaban J connectivity index is 1.61. The molecular formula is C21H20ClN2O4P. The van der Waals surface area contributed by atoms with E-state index in [1.807, 2.05) is 12.1 Å². The van der Waals surface area contributed by atoms with Crippen LogP contribution in [0.1, 0.15) is 0 Å². The number of nitrogens with one attached hydrogen (secondary N) is 2. The van der Waals surface area contributed by atoms with E-state index in [9.17, 15) is 4.57 Å². The third-order valence-corrected chi connectivity index (χ3v) is 5.46. The Labute approximate surface area is 174 Å². The fraction of sp³-hybridized carbons (Fsp3) is 0.0952. The highest BCUT2D eigenvalue weighted by Gasteiger charge is 2.28. The topological polar surface area (TPSA) is 80.6 Å². The number of hydrogen-bond acceptors (Lipinski definition) is 6. The van der Waals surface area contributed by atoms with E-state index < -0.39 is 7.60 Å². The molecule has 8 heteroatoms. The molecule has 0 heterocycles. The van der Waals surface area contributed by atoms with Crippen molar-refractivity contribution < 1.29 is 18.3 Å². The Hall–Kier alpha value is -2.79. The summed E-state index contributed by atoms with van der Waals surface area (Å²) in [6, 6.07) is 24.3. The smallest absolute Gasteiger partial charge is 0.442 e. The third-order valence-electron chi connectivity index (χ3n) is 3.62. The second kappa shape index (κ2) is 10.1. The van der Waals surface area contributed by atoms with Crippen LogP contribution >= 0.6 is 19.2 Å². The van der Waals surface area contributed by atoms with Crippen LogP contribution in [0.25, 0.3) is 0 Å². The number of benzene rings is 3. The maximum atomic E-state index is 13.3. The van der Waals surface area contributed by atoms with E-state index >= 15 is 0 Å². The molecule has 0 saturated heterocycles. The lowest BCUT2D eigenvalue weighted by Gasteiger charge is -2.20. The zero-order valence-corrected chi connectivity index (χ0v) is 17.1. The van der Waals surface area contributed by atoms with Crippen molar-refractivity contribution in [2.75, 3.05) is 12.8 Å². The molecule has 0 aromatic heterocycles. The van der Waals surface area contributed by atoms with Crippen molar-refractivity contribution in [1.29, 1.82) is 5.41 Å². The van der Waals surface area contributed by atoms with Crippen molar-refractivity contribution in [2.45, 2.75) is 0 Å². The summed E-state index contributed by atoms with van der Waals surface area (Å²) in [5.41, 5.74) is 0. The molecule has 0 radical (unpaired) electrons. The van der Waals surface area contributed by atoms with E-state index in [2.05, 4.69) is 5.32 Å². The molecular weight excluding hydrogens is 411 g/mol. The van der Waals surface area contributed by atoms with Crippen LogP contribution in [-0.2, 0) is 4.57 Å². The molecule has 150 valence electrons. The first kappa shape index (κ1) is 20.9. The van der Waals surface area contributed by atoms with Gasteiger partial charge in [-0.05, 0) is 48.5 Å². The van der Waals surface area contributed by atoms with Gasteiger partial charge in [0.25, 0.3) is 0 Å². The monoisotopic (exact) mass is 430 g/mol. The highest BCUT2D eigenvalue weighted by atomic mass is 35.5. The molecule has 0 atom stereocenters. The number of rotatable bonds is 9. The van der Waals surface area contributed by atoms with Crippen LogP contribution in [0.5, 0.6) is 17.2 Å². The predicted octanol–water partition coefficient (Wildman–Crippen LogP) is 5.59. The predicted molar refractivity (Wildman–Crippen MR) is 114 cm³/mol. The van der Waals surface area contributed by atoms with E-state index in [-0.39, 0.29) is 18.7 Å². The van der Waals surface area contributed by atoms with Gasteiger partial charge in [-0.15, -0.1) is 0 Å². The fourth-order valence-electron chi connectivity index (χ4n) is 2.35. The average Bonchev–Trinajstić information content (AvgIpc) is 2.71. The first-order valence-electron chi connectivity index (χ1n) is 8.82. The fourth-order valence-corrected chi connectivity index (χ4v) is 3.92. The van der Waals surface area contributed by atoms with Gasteiger partial charge < -0.3 is 13.8 Å². The van der Waals surface area contributed by atoms with Gasteiger partial charge in [-0.3, -0.25) is 10.7 Å². The molecule has 0 unspecified atom stereocenters. The second-order valence-electron chi connectivity index (χ2n) is 5.98. The molecule has 3 aromatic carbocycles. The van der Waals surface area contributed by atoms with Crippen molar-refractivity contribution in [3.63, 3.8) is 0 Å². The summed E-state index contributed by atoms with van der Waals surface area (Å²) >= 11 is 5.83.